The number of pyridine rings is 1. The summed E-state index contributed by atoms with van der Waals surface area (Å²) in [6.07, 6.45) is 1.69. The molecule has 1 fully saturated rings. The maximum Gasteiger partial charge on any atom is 0.291 e. The highest BCUT2D eigenvalue weighted by atomic mass is 19.1. The number of hydrogen-bond donors (Lipinski definition) is 2. The minimum atomic E-state index is -0.395. The van der Waals surface area contributed by atoms with E-state index in [1.54, 1.807) is 29.9 Å². The number of carbonyl (C=O) groups excluding carboxylic acids is 1. The zero-order valence-corrected chi connectivity index (χ0v) is 23.7. The zero-order chi connectivity index (χ0) is 29.5. The summed E-state index contributed by atoms with van der Waals surface area (Å²) in [4.78, 5) is 34.9. The maximum atomic E-state index is 13.2. The second-order valence-electron chi connectivity index (χ2n) is 10.7. The van der Waals surface area contributed by atoms with Crippen molar-refractivity contribution >= 4 is 39.3 Å². The minimum Gasteiger partial charge on any atom is -0.457 e. The number of amides is 1. The molecule has 2 N–H and O–H groups in total. The fourth-order valence-electron chi connectivity index (χ4n) is 5.28. The normalized spacial score (nSPS) is 14.0. The maximum absolute atomic E-state index is 13.2. The lowest BCUT2D eigenvalue weighted by molar-refractivity contribution is 0.101. The molecule has 216 valence electrons. The second kappa shape index (κ2) is 10.8. The number of hydrogen-bond acceptors (Lipinski definition) is 7. The van der Waals surface area contributed by atoms with Gasteiger partial charge in [-0.05, 0) is 67.7 Å². The van der Waals surface area contributed by atoms with Crippen LogP contribution in [0.5, 0.6) is 11.5 Å². The quantitative estimate of drug-likeness (QED) is 0.272. The lowest BCUT2D eigenvalue weighted by atomic mass is 10.2. The van der Waals surface area contributed by atoms with Crippen LogP contribution >= 0.6 is 0 Å². The number of aromatic amines is 1. The first-order chi connectivity index (χ1) is 20.9. The van der Waals surface area contributed by atoms with Gasteiger partial charge < -0.3 is 29.4 Å². The Kier molecular flexibility index (Phi) is 6.71. The molecule has 0 radical (unpaired) electrons. The number of fused-ring (bicyclic) bond motifs is 2. The van der Waals surface area contributed by atoms with E-state index < -0.39 is 5.91 Å². The van der Waals surface area contributed by atoms with Crippen LogP contribution < -0.4 is 15.0 Å². The van der Waals surface area contributed by atoms with Crippen molar-refractivity contribution in [1.82, 2.24) is 29.4 Å². The molecule has 0 saturated carbocycles. The molecule has 0 spiro atoms. The Hall–Kier alpha value is -5.29. The van der Waals surface area contributed by atoms with Gasteiger partial charge in [-0.25, -0.2) is 14.4 Å². The molecule has 3 aromatic heterocycles. The summed E-state index contributed by atoms with van der Waals surface area (Å²) in [5, 5.41) is 2.75. The number of nitrogens with one attached hydrogen (secondary N) is 2. The summed E-state index contributed by atoms with van der Waals surface area (Å²) < 4.78 is 21.1. The van der Waals surface area contributed by atoms with Gasteiger partial charge >= 0.3 is 0 Å². The minimum absolute atomic E-state index is 0.225. The molecule has 4 heterocycles. The van der Waals surface area contributed by atoms with Crippen LogP contribution in [0, 0.1) is 5.82 Å². The fraction of sp³-hybridized carbons (Fsp3) is 0.188. The molecule has 1 saturated heterocycles. The van der Waals surface area contributed by atoms with Crippen LogP contribution in [0.2, 0.25) is 0 Å². The zero-order valence-electron chi connectivity index (χ0n) is 23.7. The molecule has 0 aliphatic carbocycles. The van der Waals surface area contributed by atoms with Crippen molar-refractivity contribution < 1.29 is 13.9 Å². The van der Waals surface area contributed by atoms with E-state index in [2.05, 4.69) is 55.3 Å². The molecular formula is C32H29FN8O2. The van der Waals surface area contributed by atoms with Gasteiger partial charge in [-0.2, -0.15) is 0 Å². The van der Waals surface area contributed by atoms with Crippen molar-refractivity contribution in [3.05, 3.63) is 90.6 Å². The number of carbonyl (C=O) groups is 1. The number of imidazole rings is 2. The van der Waals surface area contributed by atoms with Crippen LogP contribution in [0.15, 0.2) is 79.0 Å². The number of benzene rings is 3. The highest BCUT2D eigenvalue weighted by molar-refractivity contribution is 6.03. The average molecular weight is 577 g/mol. The van der Waals surface area contributed by atoms with Crippen LogP contribution in [-0.4, -0.2) is 68.5 Å². The lowest BCUT2D eigenvalue weighted by Gasteiger charge is -2.34. The van der Waals surface area contributed by atoms with Gasteiger partial charge in [0.05, 0.1) is 22.1 Å². The summed E-state index contributed by atoms with van der Waals surface area (Å²) in [5.74, 6) is 1.27. The molecule has 7 rings (SSSR count). The molecule has 0 atom stereocenters. The van der Waals surface area contributed by atoms with Crippen LogP contribution in [0.25, 0.3) is 33.6 Å². The van der Waals surface area contributed by atoms with E-state index in [1.165, 1.54) is 30.0 Å². The smallest absolute Gasteiger partial charge is 0.291 e. The van der Waals surface area contributed by atoms with Gasteiger partial charge in [0.15, 0.2) is 11.6 Å². The van der Waals surface area contributed by atoms with Gasteiger partial charge in [0, 0.05) is 62.9 Å². The Labute approximate surface area is 246 Å². The molecule has 11 heteroatoms. The number of piperazine rings is 1. The third-order valence-corrected chi connectivity index (χ3v) is 7.70. The standard InChI is InChI=1S/C32H29FN8O2/c1-39-13-15-41(16-14-39)22-7-9-25-26(17-22)37-30(36-25)28-19-24(11-12-34-28)43-23-8-10-29-27(18-23)38-31(40(29)2)32(42)35-21-5-3-20(33)4-6-21/h3-12,17-19H,13-16H2,1-2H3,(H,35,42)(H,36,37). The molecule has 43 heavy (non-hydrogen) atoms. The van der Waals surface area contributed by atoms with Crippen LogP contribution in [0.1, 0.15) is 10.6 Å². The number of likely N-dealkylation sites (N-methyl/N-ethyl adjacent to an activating group) is 1. The number of rotatable bonds is 6. The van der Waals surface area contributed by atoms with Crippen molar-refractivity contribution in [2.75, 3.05) is 43.4 Å². The first-order valence-corrected chi connectivity index (χ1v) is 14.0. The van der Waals surface area contributed by atoms with Crippen LogP contribution in [0.4, 0.5) is 15.8 Å². The van der Waals surface area contributed by atoms with E-state index in [1.807, 2.05) is 18.2 Å². The molecule has 0 unspecified atom stereocenters. The largest absolute Gasteiger partial charge is 0.457 e. The Morgan fingerprint density at radius 1 is 0.884 bits per heavy atom. The third-order valence-electron chi connectivity index (χ3n) is 7.70. The SMILES string of the molecule is CN1CCN(c2ccc3[nH]c(-c4cc(Oc5ccc6c(c5)nc(C(=O)Nc5ccc(F)cc5)n6C)ccn4)nc3c2)CC1. The van der Waals surface area contributed by atoms with E-state index in [-0.39, 0.29) is 11.6 Å². The highest BCUT2D eigenvalue weighted by Crippen LogP contribution is 2.29. The summed E-state index contributed by atoms with van der Waals surface area (Å²) in [6.45, 7) is 4.08. The molecule has 1 aliphatic rings. The van der Waals surface area contributed by atoms with Crippen LogP contribution in [0.3, 0.4) is 0 Å². The number of nitrogens with zero attached hydrogens (tertiary/aromatic N) is 6. The average Bonchev–Trinajstić information content (AvgIpc) is 3.59. The second-order valence-corrected chi connectivity index (χ2v) is 10.7. The van der Waals surface area contributed by atoms with Crippen molar-refractivity contribution in [1.29, 1.82) is 0 Å². The van der Waals surface area contributed by atoms with Gasteiger partial charge in [-0.3, -0.25) is 9.78 Å². The van der Waals surface area contributed by atoms with Crippen molar-refractivity contribution in [3.63, 3.8) is 0 Å². The number of aryl methyl sites for hydroxylation is 1. The molecule has 6 aromatic rings. The van der Waals surface area contributed by atoms with Gasteiger partial charge in [0.2, 0.25) is 0 Å². The molecule has 0 bridgehead atoms. The molecule has 1 aliphatic heterocycles. The van der Waals surface area contributed by atoms with Gasteiger partial charge in [0.25, 0.3) is 5.91 Å². The monoisotopic (exact) mass is 576 g/mol. The van der Waals surface area contributed by atoms with Gasteiger partial charge in [0.1, 0.15) is 23.0 Å². The number of ether oxygens (including phenoxy) is 1. The Morgan fingerprint density at radius 2 is 1.67 bits per heavy atom. The molecule has 3 aromatic carbocycles. The lowest BCUT2D eigenvalue weighted by Crippen LogP contribution is -2.44. The van der Waals surface area contributed by atoms with E-state index in [0.29, 0.717) is 34.2 Å². The summed E-state index contributed by atoms with van der Waals surface area (Å²) in [6, 6.07) is 21.0. The summed E-state index contributed by atoms with van der Waals surface area (Å²) >= 11 is 0. The molecule has 1 amide bonds. The predicted molar refractivity (Wildman–Crippen MR) is 164 cm³/mol. The van der Waals surface area contributed by atoms with Crippen molar-refractivity contribution in [3.8, 4) is 23.0 Å². The Balaban J connectivity index is 1.10. The van der Waals surface area contributed by atoms with Gasteiger partial charge in [-0.15, -0.1) is 0 Å². The van der Waals surface area contributed by atoms with E-state index >= 15 is 0 Å². The summed E-state index contributed by atoms with van der Waals surface area (Å²) in [5.41, 5.74) is 5.52. The molecular weight excluding hydrogens is 547 g/mol. The third kappa shape index (κ3) is 5.38. The first-order valence-electron chi connectivity index (χ1n) is 14.0. The van der Waals surface area contributed by atoms with Crippen molar-refractivity contribution in [2.45, 2.75) is 0 Å². The molecule has 10 nitrogen and oxygen atoms in total. The van der Waals surface area contributed by atoms with Gasteiger partial charge in [-0.1, -0.05) is 0 Å². The highest BCUT2D eigenvalue weighted by Gasteiger charge is 2.18. The van der Waals surface area contributed by atoms with E-state index in [9.17, 15) is 9.18 Å². The number of halogens is 1. The number of anilines is 2. The first kappa shape index (κ1) is 26.6. The topological polar surface area (TPSA) is 104 Å². The Bertz CT molecular complexity index is 1960. The summed E-state index contributed by atoms with van der Waals surface area (Å²) in [7, 11) is 3.92. The fourth-order valence-corrected chi connectivity index (χ4v) is 5.28. The van der Waals surface area contributed by atoms with Crippen LogP contribution in [-0.2, 0) is 7.05 Å². The van der Waals surface area contributed by atoms with E-state index in [4.69, 9.17) is 9.72 Å². The number of aromatic nitrogens is 5. The number of H-pyrrole nitrogens is 1. The Morgan fingerprint density at radius 3 is 2.49 bits per heavy atom. The predicted octanol–water partition coefficient (Wildman–Crippen LogP) is 5.45. The van der Waals surface area contributed by atoms with Crippen molar-refractivity contribution in [2.24, 2.45) is 7.05 Å². The van der Waals surface area contributed by atoms with E-state index in [0.717, 1.165) is 42.7 Å².